The number of hydrogen-bond acceptors (Lipinski definition) is 1. The minimum absolute atomic E-state index is 0.128. The molecule has 0 aliphatic carbocycles. The molecule has 0 amide bonds. The quantitative estimate of drug-likeness (QED) is 0.789. The Labute approximate surface area is 107 Å². The molecule has 1 nitrogen and oxygen atoms in total. The molecular formula is C15H12OSe. The van der Waals surface area contributed by atoms with E-state index < -0.39 is 0 Å². The summed E-state index contributed by atoms with van der Waals surface area (Å²) >= 11 is -0.128. The van der Waals surface area contributed by atoms with Gasteiger partial charge >= 0.3 is 107 Å². The second-order valence-electron chi connectivity index (χ2n) is 3.48. The van der Waals surface area contributed by atoms with Gasteiger partial charge < -0.3 is 0 Å². The van der Waals surface area contributed by atoms with E-state index in [9.17, 15) is 4.79 Å². The summed E-state index contributed by atoms with van der Waals surface area (Å²) in [5.41, 5.74) is 1.93. The molecule has 0 spiro atoms. The molecule has 0 aromatic heterocycles. The first-order chi connectivity index (χ1) is 8.36. The number of benzene rings is 2. The fourth-order valence-corrected chi connectivity index (χ4v) is 2.68. The molecule has 0 aliphatic rings. The average Bonchev–Trinajstić information content (AvgIpc) is 2.41. The molecule has 0 saturated heterocycles. The van der Waals surface area contributed by atoms with Crippen molar-refractivity contribution in [3.8, 4) is 0 Å². The van der Waals surface area contributed by atoms with Crippen molar-refractivity contribution in [2.24, 2.45) is 0 Å². The van der Waals surface area contributed by atoms with Gasteiger partial charge in [0, 0.05) is 0 Å². The van der Waals surface area contributed by atoms with Gasteiger partial charge in [0.15, 0.2) is 0 Å². The van der Waals surface area contributed by atoms with Crippen LogP contribution in [0.3, 0.4) is 0 Å². The van der Waals surface area contributed by atoms with Crippen LogP contribution in [0.5, 0.6) is 0 Å². The zero-order valence-corrected chi connectivity index (χ0v) is 11.0. The number of hydrogen-bond donors (Lipinski definition) is 0. The van der Waals surface area contributed by atoms with Gasteiger partial charge in [-0.2, -0.15) is 0 Å². The Balaban J connectivity index is 1.95. The summed E-state index contributed by atoms with van der Waals surface area (Å²) in [6, 6.07) is 19.5. The SMILES string of the molecule is O=C([Se]/C=C/c1ccccc1)c1ccccc1. The molecule has 17 heavy (non-hydrogen) atoms. The Hall–Kier alpha value is -1.63. The summed E-state index contributed by atoms with van der Waals surface area (Å²) in [6.07, 6.45) is 2.00. The van der Waals surface area contributed by atoms with Crippen molar-refractivity contribution in [2.45, 2.75) is 0 Å². The summed E-state index contributed by atoms with van der Waals surface area (Å²) in [7, 11) is 0. The van der Waals surface area contributed by atoms with E-state index in [0.29, 0.717) is 0 Å². The maximum atomic E-state index is 11.8. The fourth-order valence-electron chi connectivity index (χ4n) is 1.38. The molecule has 2 rings (SSSR count). The summed E-state index contributed by atoms with van der Waals surface area (Å²) in [6.45, 7) is 0. The second-order valence-corrected chi connectivity index (χ2v) is 5.33. The van der Waals surface area contributed by atoms with Gasteiger partial charge in [-0.25, -0.2) is 0 Å². The summed E-state index contributed by atoms with van der Waals surface area (Å²) < 4.78 is 0.213. The standard InChI is InChI=1S/C15H12OSe/c16-15(14-9-5-2-6-10-14)17-12-11-13-7-3-1-4-8-13/h1-12H/b12-11+. The van der Waals surface area contributed by atoms with Crippen LogP contribution < -0.4 is 0 Å². The monoisotopic (exact) mass is 288 g/mol. The Kier molecular flexibility index (Phi) is 4.31. The first-order valence-electron chi connectivity index (χ1n) is 5.34. The van der Waals surface area contributed by atoms with E-state index in [1.807, 2.05) is 71.7 Å². The van der Waals surface area contributed by atoms with Crippen molar-refractivity contribution in [1.29, 1.82) is 0 Å². The van der Waals surface area contributed by atoms with Crippen molar-refractivity contribution in [1.82, 2.24) is 0 Å². The minimum atomic E-state index is -0.128. The van der Waals surface area contributed by atoms with E-state index >= 15 is 0 Å². The zero-order valence-electron chi connectivity index (χ0n) is 9.24. The van der Waals surface area contributed by atoms with Crippen LogP contribution in [0, 0.1) is 0 Å². The number of rotatable bonds is 4. The van der Waals surface area contributed by atoms with Crippen molar-refractivity contribution < 1.29 is 4.79 Å². The molecule has 2 aromatic carbocycles. The third-order valence-corrected chi connectivity index (χ3v) is 3.76. The predicted molar refractivity (Wildman–Crippen MR) is 72.0 cm³/mol. The first kappa shape index (κ1) is 11.8. The van der Waals surface area contributed by atoms with Gasteiger partial charge in [0.2, 0.25) is 0 Å². The Morgan fingerprint density at radius 3 is 2.12 bits per heavy atom. The second kappa shape index (κ2) is 6.19. The Morgan fingerprint density at radius 1 is 0.882 bits per heavy atom. The van der Waals surface area contributed by atoms with Crippen LogP contribution >= 0.6 is 0 Å². The fraction of sp³-hybridized carbons (Fsp3) is 0. The molecule has 0 bridgehead atoms. The van der Waals surface area contributed by atoms with Crippen LogP contribution in [0.2, 0.25) is 0 Å². The summed E-state index contributed by atoms with van der Waals surface area (Å²) in [5.74, 6) is 0. The number of carbonyl (C=O) groups is 1. The normalized spacial score (nSPS) is 10.6. The van der Waals surface area contributed by atoms with Crippen molar-refractivity contribution >= 4 is 25.7 Å². The average molecular weight is 287 g/mol. The van der Waals surface area contributed by atoms with Crippen LogP contribution in [0.4, 0.5) is 0 Å². The maximum absolute atomic E-state index is 11.8. The van der Waals surface area contributed by atoms with Crippen LogP contribution in [-0.2, 0) is 0 Å². The van der Waals surface area contributed by atoms with E-state index in [2.05, 4.69) is 0 Å². The van der Waals surface area contributed by atoms with E-state index in [4.69, 9.17) is 0 Å². The molecule has 0 unspecified atom stereocenters. The first-order valence-corrected chi connectivity index (χ1v) is 7.18. The predicted octanol–water partition coefficient (Wildman–Crippen LogP) is 3.20. The molecule has 0 atom stereocenters. The molecule has 0 N–H and O–H groups in total. The van der Waals surface area contributed by atoms with Crippen LogP contribution in [-0.4, -0.2) is 19.6 Å². The summed E-state index contributed by atoms with van der Waals surface area (Å²) in [5, 5.41) is 0. The van der Waals surface area contributed by atoms with Crippen LogP contribution in [0.25, 0.3) is 6.08 Å². The van der Waals surface area contributed by atoms with Crippen molar-refractivity contribution in [3.05, 3.63) is 76.8 Å². The van der Waals surface area contributed by atoms with Crippen molar-refractivity contribution in [2.75, 3.05) is 0 Å². The van der Waals surface area contributed by atoms with Gasteiger partial charge in [-0.05, 0) is 0 Å². The molecule has 2 aromatic rings. The molecule has 0 fully saturated rings. The molecule has 0 radical (unpaired) electrons. The molecular weight excluding hydrogens is 275 g/mol. The van der Waals surface area contributed by atoms with E-state index in [0.717, 1.165) is 11.1 Å². The van der Waals surface area contributed by atoms with Gasteiger partial charge in [-0.3, -0.25) is 0 Å². The van der Waals surface area contributed by atoms with Crippen LogP contribution in [0.1, 0.15) is 15.9 Å². The molecule has 0 aliphatic heterocycles. The van der Waals surface area contributed by atoms with E-state index in [1.165, 1.54) is 0 Å². The Bertz CT molecular complexity index is 503. The van der Waals surface area contributed by atoms with Gasteiger partial charge in [0.25, 0.3) is 0 Å². The molecule has 2 heteroatoms. The topological polar surface area (TPSA) is 17.1 Å². The zero-order chi connectivity index (χ0) is 11.9. The van der Waals surface area contributed by atoms with Crippen LogP contribution in [0.15, 0.2) is 65.6 Å². The van der Waals surface area contributed by atoms with Gasteiger partial charge in [0.1, 0.15) is 0 Å². The third-order valence-electron chi connectivity index (χ3n) is 2.24. The van der Waals surface area contributed by atoms with Gasteiger partial charge in [-0.15, -0.1) is 0 Å². The van der Waals surface area contributed by atoms with E-state index in [1.54, 1.807) is 0 Å². The third kappa shape index (κ3) is 3.70. The molecule has 0 heterocycles. The Morgan fingerprint density at radius 2 is 1.47 bits per heavy atom. The molecule has 84 valence electrons. The molecule has 0 saturated carbocycles. The van der Waals surface area contributed by atoms with Crippen molar-refractivity contribution in [3.63, 3.8) is 0 Å². The van der Waals surface area contributed by atoms with E-state index in [-0.39, 0.29) is 19.6 Å². The van der Waals surface area contributed by atoms with Gasteiger partial charge in [-0.1, -0.05) is 0 Å². The summed E-state index contributed by atoms with van der Waals surface area (Å²) in [4.78, 5) is 13.8. The number of carbonyl (C=O) groups excluding carboxylic acids is 1. The van der Waals surface area contributed by atoms with Gasteiger partial charge in [0.05, 0.1) is 0 Å².